The van der Waals surface area contributed by atoms with E-state index in [1.54, 1.807) is 0 Å². The second kappa shape index (κ2) is 4.50. The van der Waals surface area contributed by atoms with Gasteiger partial charge in [0.2, 0.25) is 0 Å². The van der Waals surface area contributed by atoms with Crippen LogP contribution >= 0.6 is 0 Å². The highest BCUT2D eigenvalue weighted by atomic mass is 15.1. The molecule has 0 saturated heterocycles. The minimum Gasteiger partial charge on any atom is -0.370 e. The van der Waals surface area contributed by atoms with E-state index in [0.717, 1.165) is 11.3 Å². The van der Waals surface area contributed by atoms with Gasteiger partial charge in [-0.3, -0.25) is 4.99 Å². The number of anilines is 1. The first-order valence-electron chi connectivity index (χ1n) is 4.36. The summed E-state index contributed by atoms with van der Waals surface area (Å²) in [5, 5.41) is 3.04. The van der Waals surface area contributed by atoms with Crippen LogP contribution in [-0.2, 0) is 0 Å². The van der Waals surface area contributed by atoms with Gasteiger partial charge in [-0.2, -0.15) is 0 Å². The Morgan fingerprint density at radius 2 is 2.15 bits per heavy atom. The summed E-state index contributed by atoms with van der Waals surface area (Å²) < 4.78 is 0. The maximum atomic E-state index is 5.62. The number of nitrogens with two attached hydrogens (primary N) is 1. The van der Waals surface area contributed by atoms with Gasteiger partial charge in [0.15, 0.2) is 5.96 Å². The third kappa shape index (κ3) is 2.78. The summed E-state index contributed by atoms with van der Waals surface area (Å²) in [5.74, 6) is 0.469. The van der Waals surface area contributed by atoms with E-state index in [4.69, 9.17) is 5.73 Å². The van der Waals surface area contributed by atoms with Crippen LogP contribution in [0.15, 0.2) is 29.3 Å². The van der Waals surface area contributed by atoms with Crippen molar-refractivity contribution in [2.75, 3.05) is 11.9 Å². The number of nitrogens with zero attached hydrogens (tertiary/aromatic N) is 1. The number of guanidine groups is 1. The first-order valence-corrected chi connectivity index (χ1v) is 4.36. The van der Waals surface area contributed by atoms with Crippen molar-refractivity contribution in [2.24, 2.45) is 10.7 Å². The first kappa shape index (κ1) is 9.58. The van der Waals surface area contributed by atoms with Crippen LogP contribution in [0.5, 0.6) is 0 Å². The molecule has 0 fully saturated rings. The Bertz CT molecular complexity index is 305. The van der Waals surface area contributed by atoms with E-state index in [9.17, 15) is 0 Å². The molecule has 1 aromatic carbocycles. The summed E-state index contributed by atoms with van der Waals surface area (Å²) in [7, 11) is 0. The van der Waals surface area contributed by atoms with Crippen molar-refractivity contribution in [3.63, 3.8) is 0 Å². The quantitative estimate of drug-likeness (QED) is 0.534. The Morgan fingerprint density at radius 3 is 2.77 bits per heavy atom. The lowest BCUT2D eigenvalue weighted by atomic mass is 10.2. The maximum absolute atomic E-state index is 5.62. The Hall–Kier alpha value is -1.51. The minimum atomic E-state index is 0.469. The molecule has 1 aromatic rings. The molecular weight excluding hydrogens is 162 g/mol. The van der Waals surface area contributed by atoms with E-state index in [2.05, 4.69) is 10.3 Å². The van der Waals surface area contributed by atoms with Crippen LogP contribution in [0.1, 0.15) is 12.5 Å². The summed E-state index contributed by atoms with van der Waals surface area (Å²) in [6.07, 6.45) is 0. The lowest BCUT2D eigenvalue weighted by molar-refractivity contribution is 1.12. The molecule has 70 valence electrons. The second-order valence-electron chi connectivity index (χ2n) is 2.80. The molecule has 0 unspecified atom stereocenters. The Labute approximate surface area is 78.7 Å². The van der Waals surface area contributed by atoms with Gasteiger partial charge in [0, 0.05) is 12.2 Å². The molecule has 0 heterocycles. The molecule has 0 amide bonds. The molecule has 0 aliphatic carbocycles. The normalized spacial score (nSPS) is 11.4. The molecule has 0 aromatic heterocycles. The predicted molar refractivity (Wildman–Crippen MR) is 57.0 cm³/mol. The molecular formula is C10H15N3. The van der Waals surface area contributed by atoms with Gasteiger partial charge in [0.25, 0.3) is 0 Å². The highest BCUT2D eigenvalue weighted by Gasteiger charge is 1.96. The fourth-order valence-electron chi connectivity index (χ4n) is 1.06. The molecule has 1 rings (SSSR count). The van der Waals surface area contributed by atoms with Gasteiger partial charge < -0.3 is 11.1 Å². The standard InChI is InChI=1S/C10H15N3/c1-3-12-10(11)13-9-7-5-4-6-8(9)2/h4-7H,3H2,1-2H3,(H3,11,12,13). The van der Waals surface area contributed by atoms with Crippen molar-refractivity contribution >= 4 is 11.6 Å². The van der Waals surface area contributed by atoms with Crippen molar-refractivity contribution in [1.29, 1.82) is 0 Å². The fraction of sp³-hybridized carbons (Fsp3) is 0.300. The van der Waals surface area contributed by atoms with E-state index in [0.29, 0.717) is 12.5 Å². The molecule has 0 aliphatic heterocycles. The van der Waals surface area contributed by atoms with E-state index >= 15 is 0 Å². The molecule has 3 heteroatoms. The SMILES string of the molecule is CCN=C(N)Nc1ccccc1C. The van der Waals surface area contributed by atoms with E-state index in [-0.39, 0.29) is 0 Å². The number of para-hydroxylation sites is 1. The summed E-state index contributed by atoms with van der Waals surface area (Å²) in [6, 6.07) is 7.97. The van der Waals surface area contributed by atoms with Crippen molar-refractivity contribution in [3.8, 4) is 0 Å². The molecule has 0 radical (unpaired) electrons. The second-order valence-corrected chi connectivity index (χ2v) is 2.80. The highest BCUT2D eigenvalue weighted by Crippen LogP contribution is 2.12. The molecule has 0 atom stereocenters. The van der Waals surface area contributed by atoms with Crippen molar-refractivity contribution in [1.82, 2.24) is 0 Å². The maximum Gasteiger partial charge on any atom is 0.193 e. The average molecular weight is 177 g/mol. The molecule has 0 aliphatic rings. The van der Waals surface area contributed by atoms with Crippen LogP contribution in [-0.4, -0.2) is 12.5 Å². The number of benzene rings is 1. The number of aliphatic imine (C=N–C) groups is 1. The molecule has 0 saturated carbocycles. The van der Waals surface area contributed by atoms with E-state index in [1.807, 2.05) is 38.1 Å². The van der Waals surface area contributed by atoms with Crippen LogP contribution in [0.25, 0.3) is 0 Å². The smallest absolute Gasteiger partial charge is 0.193 e. The van der Waals surface area contributed by atoms with Gasteiger partial charge >= 0.3 is 0 Å². The minimum absolute atomic E-state index is 0.469. The lowest BCUT2D eigenvalue weighted by Gasteiger charge is -2.07. The van der Waals surface area contributed by atoms with Gasteiger partial charge in [-0.25, -0.2) is 0 Å². The van der Waals surface area contributed by atoms with Gasteiger partial charge in [-0.1, -0.05) is 18.2 Å². The number of rotatable bonds is 2. The first-order chi connectivity index (χ1) is 6.24. The Morgan fingerprint density at radius 1 is 1.46 bits per heavy atom. The average Bonchev–Trinajstić information content (AvgIpc) is 2.09. The monoisotopic (exact) mass is 177 g/mol. The van der Waals surface area contributed by atoms with Gasteiger partial charge in [-0.15, -0.1) is 0 Å². The van der Waals surface area contributed by atoms with Crippen molar-refractivity contribution in [2.45, 2.75) is 13.8 Å². The Balaban J connectivity index is 2.74. The number of aryl methyl sites for hydroxylation is 1. The summed E-state index contributed by atoms with van der Waals surface area (Å²) >= 11 is 0. The fourth-order valence-corrected chi connectivity index (χ4v) is 1.06. The molecule has 0 spiro atoms. The lowest BCUT2D eigenvalue weighted by Crippen LogP contribution is -2.23. The zero-order valence-corrected chi connectivity index (χ0v) is 8.04. The number of hydrogen-bond acceptors (Lipinski definition) is 1. The Kier molecular flexibility index (Phi) is 3.31. The molecule has 13 heavy (non-hydrogen) atoms. The van der Waals surface area contributed by atoms with Crippen molar-refractivity contribution < 1.29 is 0 Å². The third-order valence-electron chi connectivity index (χ3n) is 1.74. The third-order valence-corrected chi connectivity index (χ3v) is 1.74. The molecule has 3 nitrogen and oxygen atoms in total. The molecule has 0 bridgehead atoms. The summed E-state index contributed by atoms with van der Waals surface area (Å²) in [4.78, 5) is 4.04. The van der Waals surface area contributed by atoms with Gasteiger partial charge in [0.05, 0.1) is 0 Å². The van der Waals surface area contributed by atoms with Crippen LogP contribution in [0.3, 0.4) is 0 Å². The topological polar surface area (TPSA) is 50.4 Å². The van der Waals surface area contributed by atoms with Gasteiger partial charge in [-0.05, 0) is 25.5 Å². The van der Waals surface area contributed by atoms with Crippen LogP contribution in [0.4, 0.5) is 5.69 Å². The van der Waals surface area contributed by atoms with E-state index < -0.39 is 0 Å². The van der Waals surface area contributed by atoms with Crippen molar-refractivity contribution in [3.05, 3.63) is 29.8 Å². The summed E-state index contributed by atoms with van der Waals surface area (Å²) in [5.41, 5.74) is 7.80. The van der Waals surface area contributed by atoms with Crippen LogP contribution in [0.2, 0.25) is 0 Å². The number of nitrogens with one attached hydrogen (secondary N) is 1. The van der Waals surface area contributed by atoms with Crippen LogP contribution in [0, 0.1) is 6.92 Å². The zero-order valence-electron chi connectivity index (χ0n) is 8.04. The van der Waals surface area contributed by atoms with E-state index in [1.165, 1.54) is 0 Å². The van der Waals surface area contributed by atoms with Gasteiger partial charge in [0.1, 0.15) is 0 Å². The van der Waals surface area contributed by atoms with Crippen LogP contribution < -0.4 is 11.1 Å². The molecule has 3 N–H and O–H groups in total. The predicted octanol–water partition coefficient (Wildman–Crippen LogP) is 1.74. The highest BCUT2D eigenvalue weighted by molar-refractivity contribution is 5.92. The largest absolute Gasteiger partial charge is 0.370 e. The summed E-state index contributed by atoms with van der Waals surface area (Å²) in [6.45, 7) is 4.68. The number of hydrogen-bond donors (Lipinski definition) is 2. The zero-order chi connectivity index (χ0) is 9.68.